The van der Waals surface area contributed by atoms with Crippen molar-refractivity contribution < 1.29 is 43.0 Å². The van der Waals surface area contributed by atoms with Crippen molar-refractivity contribution >= 4 is 41.1 Å². The molecule has 5 atom stereocenters. The minimum absolute atomic E-state index is 0.00116. The highest BCUT2D eigenvalue weighted by atomic mass is 16.5. The van der Waals surface area contributed by atoms with Gasteiger partial charge in [-0.15, -0.1) is 0 Å². The van der Waals surface area contributed by atoms with Crippen LogP contribution in [0.1, 0.15) is 207 Å². The molecule has 2 N–H and O–H groups in total. The van der Waals surface area contributed by atoms with Crippen molar-refractivity contribution in [3.8, 4) is 11.5 Å². The van der Waals surface area contributed by atoms with E-state index in [9.17, 15) is 28.8 Å². The number of likely N-dealkylation sites (tertiary alicyclic amines) is 1. The Labute approximate surface area is 697 Å². The van der Waals surface area contributed by atoms with Gasteiger partial charge in [0.25, 0.3) is 0 Å². The molecule has 12 rings (SSSR count). The number of anilines is 1. The number of hydrogen-bond donors (Lipinski definition) is 2. The van der Waals surface area contributed by atoms with Crippen LogP contribution in [0.25, 0.3) is 0 Å². The topological polar surface area (TPSA) is 180 Å². The lowest BCUT2D eigenvalue weighted by Gasteiger charge is -2.43. The van der Waals surface area contributed by atoms with Crippen LogP contribution in [0.5, 0.6) is 11.5 Å². The number of nitrogens with one attached hydrogen (secondary N) is 2. The molecule has 0 aromatic heterocycles. The van der Waals surface area contributed by atoms with Gasteiger partial charge in [0, 0.05) is 167 Å². The number of carbonyl (C=O) groups is 6. The lowest BCUT2D eigenvalue weighted by molar-refractivity contribution is -0.147. The maximum Gasteiger partial charge on any atom is 0.228 e. The molecule has 0 spiro atoms. The molecule has 116 heavy (non-hydrogen) atoms. The van der Waals surface area contributed by atoms with E-state index in [1.54, 1.807) is 14.2 Å². The molecule has 19 nitrogen and oxygen atoms in total. The predicted molar refractivity (Wildman–Crippen MR) is 472 cm³/mol. The molecule has 6 saturated heterocycles. The Morgan fingerprint density at radius 3 is 1.40 bits per heavy atom. The van der Waals surface area contributed by atoms with E-state index < -0.39 is 0 Å². The number of amides is 6. The van der Waals surface area contributed by atoms with Crippen molar-refractivity contribution in [2.45, 2.75) is 195 Å². The van der Waals surface area contributed by atoms with Gasteiger partial charge in [-0.3, -0.25) is 33.7 Å². The zero-order chi connectivity index (χ0) is 85.7. The summed E-state index contributed by atoms with van der Waals surface area (Å²) in [7, 11) is 3.36. The minimum atomic E-state index is -0.326. The highest BCUT2D eigenvalue weighted by Gasteiger charge is 2.38. The first-order valence-electron chi connectivity index (χ1n) is 42.2. The first kappa shape index (κ1) is 94.5. The van der Waals surface area contributed by atoms with Crippen molar-refractivity contribution in [2.24, 2.45) is 32.5 Å². The van der Waals surface area contributed by atoms with Gasteiger partial charge in [-0.1, -0.05) is 251 Å². The number of piperazine rings is 4. The molecule has 6 aromatic rings. The van der Waals surface area contributed by atoms with E-state index in [1.807, 2.05) is 203 Å². The average molecular weight is 1590 g/mol. The van der Waals surface area contributed by atoms with Crippen molar-refractivity contribution in [1.82, 2.24) is 44.9 Å². The van der Waals surface area contributed by atoms with Gasteiger partial charge in [0.1, 0.15) is 17.6 Å². The quantitative estimate of drug-likeness (QED) is 0.140. The van der Waals surface area contributed by atoms with Gasteiger partial charge in [0.05, 0.1) is 33.4 Å². The smallest absolute Gasteiger partial charge is 0.228 e. The Morgan fingerprint density at radius 1 is 0.405 bits per heavy atom. The van der Waals surface area contributed by atoms with Crippen molar-refractivity contribution in [2.75, 3.05) is 137 Å². The monoisotopic (exact) mass is 1590 g/mol. The van der Waals surface area contributed by atoms with Crippen LogP contribution in [-0.4, -0.2) is 208 Å². The van der Waals surface area contributed by atoms with Crippen LogP contribution in [0.4, 0.5) is 5.69 Å². The number of aryl methyl sites for hydroxylation is 3. The fraction of sp³-hybridized carbons (Fsp3) is 0.567. The highest BCUT2D eigenvalue weighted by molar-refractivity contribution is 5.84. The van der Waals surface area contributed by atoms with Gasteiger partial charge in [0.2, 0.25) is 35.4 Å². The fourth-order valence-electron chi connectivity index (χ4n) is 15.2. The molecule has 6 fully saturated rings. The van der Waals surface area contributed by atoms with E-state index in [1.165, 1.54) is 44.6 Å². The minimum Gasteiger partial charge on any atom is -0.497 e. The van der Waals surface area contributed by atoms with Crippen molar-refractivity contribution in [3.63, 3.8) is 0 Å². The number of carbonyl (C=O) groups excluding carboxylic acids is 6. The summed E-state index contributed by atoms with van der Waals surface area (Å²) in [5.74, 6) is 3.70. The van der Waals surface area contributed by atoms with Crippen molar-refractivity contribution in [1.29, 1.82) is 0 Å². The molecule has 6 aliphatic rings. The number of hydrogen-bond acceptors (Lipinski definition) is 13. The number of ether oxygens (including phenoxy) is 3. The van der Waals surface area contributed by atoms with E-state index in [-0.39, 0.29) is 92.2 Å². The van der Waals surface area contributed by atoms with Gasteiger partial charge >= 0.3 is 0 Å². The standard InChI is InChI=1S/C17H26N2O2.C16H24N2O2.2C16H24N2O.C16H23NO2.C16H23NO/c1-17(2,3)16(20)19-10-8-18(9-11-19)13-14-6-5-7-15(12-14)21-4;1-16(2,3)15(19)18-9-8-17-14(11-18)12-6-5-7-13(10-12)20-4;1-12-5-7-13(8-6-12)14-11-18(10-9-17-14)15(19)16(2,3)4;1-13-12-17(14-8-6-5-7-9-14)10-11-18(13)15(19)16(2,3)4;1-12-7-5-6-8-13(12)14-11-17(9-10-19-14)15(18)16(2,3)4;1-12-6-5-7-13(10-12)14-8-9-17(11-14)15(18)16(2,3)4/h5-7,12H,8-11,13H2,1-4H3;5-7,10,14,17H,8-9,11H2,1-4H3;5-8,14,17H,9-11H2,1-4H3;5-9,13H,10-12H2,1-4H3;5-8,14H,9-11H2,1-4H3;5-7,10,14H,8-9,11H2,1-4H3. The summed E-state index contributed by atoms with van der Waals surface area (Å²) in [5.41, 5.74) is 9.49. The Bertz CT molecular complexity index is 4120. The normalized spacial score (nSPS) is 19.7. The van der Waals surface area contributed by atoms with E-state index in [2.05, 4.69) is 151 Å². The number of para-hydroxylation sites is 1. The summed E-state index contributed by atoms with van der Waals surface area (Å²) in [6, 6.07) is 52.8. The van der Waals surface area contributed by atoms with Gasteiger partial charge in [-0.2, -0.15) is 0 Å². The van der Waals surface area contributed by atoms with Crippen LogP contribution in [-0.2, 0) is 40.0 Å². The number of rotatable bonds is 9. The van der Waals surface area contributed by atoms with Gasteiger partial charge in [-0.25, -0.2) is 0 Å². The Hall–Kier alpha value is -8.62. The molecule has 19 heteroatoms. The summed E-state index contributed by atoms with van der Waals surface area (Å²) < 4.78 is 16.4. The molecule has 6 aliphatic heterocycles. The lowest BCUT2D eigenvalue weighted by Crippen LogP contribution is -2.56. The van der Waals surface area contributed by atoms with E-state index >= 15 is 0 Å². The van der Waals surface area contributed by atoms with Gasteiger partial charge < -0.3 is 59.1 Å². The third kappa shape index (κ3) is 28.6. The molecule has 6 aromatic carbocycles. The Morgan fingerprint density at radius 2 is 0.879 bits per heavy atom. The molecular weight excluding hydrogens is 1450 g/mol. The number of morpholine rings is 1. The third-order valence-electron chi connectivity index (χ3n) is 21.8. The Balaban J connectivity index is 0.000000193. The second kappa shape index (κ2) is 42.2. The van der Waals surface area contributed by atoms with Crippen LogP contribution >= 0.6 is 0 Å². The van der Waals surface area contributed by atoms with E-state index in [4.69, 9.17) is 14.2 Å². The molecule has 0 saturated carbocycles. The fourth-order valence-corrected chi connectivity index (χ4v) is 15.2. The van der Waals surface area contributed by atoms with Crippen molar-refractivity contribution in [3.05, 3.63) is 196 Å². The third-order valence-corrected chi connectivity index (χ3v) is 21.8. The average Bonchev–Trinajstić information content (AvgIpc) is 0.923. The molecule has 0 bridgehead atoms. The molecule has 0 aliphatic carbocycles. The molecular formula is C97H144N10O9. The van der Waals surface area contributed by atoms with E-state index in [0.29, 0.717) is 32.2 Å². The largest absolute Gasteiger partial charge is 0.497 e. The molecule has 6 heterocycles. The van der Waals surface area contributed by atoms with Crippen LogP contribution in [0.15, 0.2) is 152 Å². The lowest BCUT2D eigenvalue weighted by atomic mass is 9.93. The predicted octanol–water partition coefficient (Wildman–Crippen LogP) is 16.2. The number of methoxy groups -OCH3 is 2. The molecule has 5 unspecified atom stereocenters. The Kier molecular flexibility index (Phi) is 34.4. The first-order valence-corrected chi connectivity index (χ1v) is 42.2. The molecule has 0 radical (unpaired) electrons. The SMILES string of the molecule is CC1CN(c2ccccc2)CCN1C(=O)C(C)(C)C.COc1cccc(C2CN(C(=O)C(C)(C)C)CCN2)c1.COc1cccc(CN2CCN(C(=O)C(C)(C)C)CC2)c1.Cc1ccc(C2CN(C(=O)C(C)(C)C)CCN2)cc1.Cc1cccc(C2CCN(C(=O)C(C)(C)C)C2)c1.Cc1ccccc1C1CN(C(=O)C(C)(C)C)CCO1. The molecule has 6 amide bonds. The highest BCUT2D eigenvalue weighted by Crippen LogP contribution is 2.34. The first-order chi connectivity index (χ1) is 54.3. The summed E-state index contributed by atoms with van der Waals surface area (Å²) in [5, 5.41) is 6.97. The molecule has 636 valence electrons. The summed E-state index contributed by atoms with van der Waals surface area (Å²) in [6.07, 6.45) is 1.09. The zero-order valence-electron chi connectivity index (χ0n) is 75.2. The van der Waals surface area contributed by atoms with Crippen LogP contribution in [0.3, 0.4) is 0 Å². The number of nitrogens with zero attached hydrogens (tertiary/aromatic N) is 8. The van der Waals surface area contributed by atoms with Gasteiger partial charge in [-0.05, 0) is 104 Å². The second-order valence-corrected chi connectivity index (χ2v) is 38.4. The van der Waals surface area contributed by atoms with Crippen LogP contribution < -0.4 is 25.0 Å². The van der Waals surface area contributed by atoms with Crippen LogP contribution in [0.2, 0.25) is 0 Å². The van der Waals surface area contributed by atoms with E-state index in [0.717, 1.165) is 122 Å². The maximum absolute atomic E-state index is 12.4. The summed E-state index contributed by atoms with van der Waals surface area (Å²) in [4.78, 5) is 90.6. The summed E-state index contributed by atoms with van der Waals surface area (Å²) in [6.45, 7) is 59.6. The zero-order valence-corrected chi connectivity index (χ0v) is 75.2. The number of benzene rings is 6. The maximum atomic E-state index is 12.4. The van der Waals surface area contributed by atoms with Gasteiger partial charge in [0.15, 0.2) is 0 Å². The summed E-state index contributed by atoms with van der Waals surface area (Å²) >= 11 is 0. The van der Waals surface area contributed by atoms with Crippen LogP contribution in [0, 0.1) is 53.3 Å². The second-order valence-electron chi connectivity index (χ2n) is 38.4.